The summed E-state index contributed by atoms with van der Waals surface area (Å²) in [5, 5.41) is 10.9. The van der Waals surface area contributed by atoms with Crippen LogP contribution in [0, 0.1) is 6.92 Å². The number of benzene rings is 1. The highest BCUT2D eigenvalue weighted by Gasteiger charge is 2.25. The fraction of sp³-hybridized carbons (Fsp3) is 0.400. The van der Waals surface area contributed by atoms with Crippen LogP contribution in [-0.4, -0.2) is 40.9 Å². The Balaban J connectivity index is 1.58. The first-order chi connectivity index (χ1) is 11.1. The smallest absolute Gasteiger partial charge is 0.317 e. The van der Waals surface area contributed by atoms with Crippen molar-refractivity contribution in [2.75, 3.05) is 19.7 Å². The zero-order chi connectivity index (χ0) is 16.2. The predicted octanol–water partition coefficient (Wildman–Crippen LogP) is 2.31. The third-order valence-electron chi connectivity index (χ3n) is 3.75. The van der Waals surface area contributed by atoms with Crippen LogP contribution in [0.4, 0.5) is 4.79 Å². The summed E-state index contributed by atoms with van der Waals surface area (Å²) in [5.74, 6) is 0. The molecule has 1 aromatic carbocycles. The maximum absolute atomic E-state index is 12.3. The maximum atomic E-state index is 12.3. The number of nitrogens with zero attached hydrogens (tertiary/aromatic N) is 3. The van der Waals surface area contributed by atoms with Crippen LogP contribution in [0.3, 0.4) is 0 Å². The number of urea groups is 1. The zero-order valence-electron chi connectivity index (χ0n) is 12.7. The highest BCUT2D eigenvalue weighted by Crippen LogP contribution is 2.23. The topological polar surface area (TPSA) is 80.5 Å². The summed E-state index contributed by atoms with van der Waals surface area (Å²) in [4.78, 5) is 14.0. The molecule has 0 aliphatic carbocycles. The summed E-state index contributed by atoms with van der Waals surface area (Å²) in [6.07, 6.45) is -0.151. The molecule has 23 heavy (non-hydrogen) atoms. The average molecular weight is 337 g/mol. The van der Waals surface area contributed by atoms with Crippen molar-refractivity contribution >= 4 is 17.6 Å². The summed E-state index contributed by atoms with van der Waals surface area (Å²) >= 11 is 5.90. The average Bonchev–Trinajstić information content (AvgIpc) is 2.98. The second kappa shape index (κ2) is 6.97. The summed E-state index contributed by atoms with van der Waals surface area (Å²) < 4.78 is 10.4. The molecule has 1 atom stereocenters. The van der Waals surface area contributed by atoms with Crippen molar-refractivity contribution in [2.24, 2.45) is 0 Å². The van der Waals surface area contributed by atoms with Crippen LogP contribution in [0.1, 0.15) is 23.1 Å². The largest absolute Gasteiger partial charge is 0.370 e. The second-order valence-corrected chi connectivity index (χ2v) is 5.75. The lowest BCUT2D eigenvalue weighted by atomic mass is 10.1. The Labute approximate surface area is 138 Å². The van der Waals surface area contributed by atoms with Gasteiger partial charge in [-0.2, -0.15) is 0 Å². The van der Waals surface area contributed by atoms with E-state index in [1.165, 1.54) is 0 Å². The number of rotatable bonds is 3. The van der Waals surface area contributed by atoms with Crippen LogP contribution in [0.15, 0.2) is 28.9 Å². The molecule has 2 heterocycles. The van der Waals surface area contributed by atoms with Gasteiger partial charge in [0.2, 0.25) is 0 Å². The molecule has 1 aliphatic heterocycles. The third kappa shape index (κ3) is 3.80. The molecule has 1 fully saturated rings. The number of amides is 2. The number of hydrogen-bond acceptors (Lipinski definition) is 5. The summed E-state index contributed by atoms with van der Waals surface area (Å²) in [5.41, 5.74) is 2.30. The lowest BCUT2D eigenvalue weighted by Gasteiger charge is -2.33. The van der Waals surface area contributed by atoms with Crippen molar-refractivity contribution in [3.8, 4) is 0 Å². The van der Waals surface area contributed by atoms with E-state index < -0.39 is 0 Å². The molecule has 2 aromatic rings. The minimum Gasteiger partial charge on any atom is -0.370 e. The Morgan fingerprint density at radius 2 is 2.17 bits per heavy atom. The Hall–Kier alpha value is -2.12. The number of halogens is 1. The van der Waals surface area contributed by atoms with Gasteiger partial charge in [0, 0.05) is 11.6 Å². The third-order valence-corrected chi connectivity index (χ3v) is 4.00. The molecule has 0 saturated carbocycles. The van der Waals surface area contributed by atoms with Crippen LogP contribution in [0.5, 0.6) is 0 Å². The van der Waals surface area contributed by atoms with E-state index in [-0.39, 0.29) is 18.7 Å². The van der Waals surface area contributed by atoms with Crippen LogP contribution in [0.2, 0.25) is 5.02 Å². The van der Waals surface area contributed by atoms with Gasteiger partial charge in [0.05, 0.1) is 19.7 Å². The van der Waals surface area contributed by atoms with E-state index in [2.05, 4.69) is 20.3 Å². The molecule has 2 amide bonds. The molecule has 3 rings (SSSR count). The Kier molecular flexibility index (Phi) is 4.78. The molecule has 1 aliphatic rings. The van der Waals surface area contributed by atoms with Gasteiger partial charge in [-0.1, -0.05) is 34.0 Å². The number of carbonyl (C=O) groups excluding carboxylic acids is 1. The van der Waals surface area contributed by atoms with E-state index in [9.17, 15) is 4.79 Å². The van der Waals surface area contributed by atoms with Gasteiger partial charge in [-0.05, 0) is 24.6 Å². The number of nitrogens with one attached hydrogen (secondary N) is 1. The van der Waals surface area contributed by atoms with E-state index >= 15 is 0 Å². The van der Waals surface area contributed by atoms with Crippen molar-refractivity contribution < 1.29 is 14.2 Å². The molecule has 0 radical (unpaired) electrons. The Bertz CT molecular complexity index is 674. The Morgan fingerprint density at radius 3 is 2.87 bits per heavy atom. The standard InChI is InChI=1S/C15H17ClN4O3/c1-10-13(19-23-18-10)8-17-15(21)20-6-7-22-14(9-20)11-2-4-12(16)5-3-11/h2-5,14H,6-9H2,1H3,(H,17,21). The lowest BCUT2D eigenvalue weighted by molar-refractivity contribution is -0.0154. The fourth-order valence-corrected chi connectivity index (χ4v) is 2.52. The summed E-state index contributed by atoms with van der Waals surface area (Å²) in [7, 11) is 0. The minimum atomic E-state index is -0.158. The van der Waals surface area contributed by atoms with Gasteiger partial charge in [-0.25, -0.2) is 9.42 Å². The number of aryl methyl sites for hydroxylation is 1. The Morgan fingerprint density at radius 1 is 1.39 bits per heavy atom. The van der Waals surface area contributed by atoms with Crippen molar-refractivity contribution in [1.82, 2.24) is 20.5 Å². The molecule has 122 valence electrons. The molecule has 1 unspecified atom stereocenters. The van der Waals surface area contributed by atoms with E-state index in [1.54, 1.807) is 11.8 Å². The molecule has 8 heteroatoms. The van der Waals surface area contributed by atoms with Crippen molar-refractivity contribution in [1.29, 1.82) is 0 Å². The fourth-order valence-electron chi connectivity index (χ4n) is 2.39. The zero-order valence-corrected chi connectivity index (χ0v) is 13.4. The second-order valence-electron chi connectivity index (χ2n) is 5.31. The molecule has 0 spiro atoms. The molecule has 1 saturated heterocycles. The number of carbonyl (C=O) groups is 1. The van der Waals surface area contributed by atoms with E-state index in [1.807, 2.05) is 24.3 Å². The van der Waals surface area contributed by atoms with Crippen molar-refractivity contribution in [2.45, 2.75) is 19.6 Å². The van der Waals surface area contributed by atoms with Gasteiger partial charge in [0.25, 0.3) is 0 Å². The van der Waals surface area contributed by atoms with Gasteiger partial charge in [0.15, 0.2) is 0 Å². The number of hydrogen-bond donors (Lipinski definition) is 1. The quantitative estimate of drug-likeness (QED) is 0.930. The predicted molar refractivity (Wildman–Crippen MR) is 83.0 cm³/mol. The van der Waals surface area contributed by atoms with Crippen molar-refractivity contribution in [3.63, 3.8) is 0 Å². The monoisotopic (exact) mass is 336 g/mol. The van der Waals surface area contributed by atoms with Gasteiger partial charge in [0.1, 0.15) is 17.5 Å². The van der Waals surface area contributed by atoms with E-state index in [0.29, 0.717) is 36.1 Å². The minimum absolute atomic E-state index is 0.151. The number of aromatic nitrogens is 2. The van der Waals surface area contributed by atoms with Gasteiger partial charge in [-0.15, -0.1) is 0 Å². The summed E-state index contributed by atoms with van der Waals surface area (Å²) in [6, 6.07) is 7.31. The summed E-state index contributed by atoms with van der Waals surface area (Å²) in [6.45, 7) is 3.60. The van der Waals surface area contributed by atoms with Crippen LogP contribution >= 0.6 is 11.6 Å². The molecule has 7 nitrogen and oxygen atoms in total. The molecule has 1 aromatic heterocycles. The first-order valence-corrected chi connectivity index (χ1v) is 7.69. The van der Waals surface area contributed by atoms with Crippen molar-refractivity contribution in [3.05, 3.63) is 46.2 Å². The van der Waals surface area contributed by atoms with Gasteiger partial charge < -0.3 is 15.0 Å². The van der Waals surface area contributed by atoms with Gasteiger partial charge >= 0.3 is 6.03 Å². The molecule has 0 bridgehead atoms. The number of morpholine rings is 1. The van der Waals surface area contributed by atoms with Gasteiger partial charge in [-0.3, -0.25) is 0 Å². The van der Waals surface area contributed by atoms with Crippen LogP contribution in [0.25, 0.3) is 0 Å². The van der Waals surface area contributed by atoms with Crippen LogP contribution in [-0.2, 0) is 11.3 Å². The SMILES string of the molecule is Cc1nonc1CNC(=O)N1CCOC(c2ccc(Cl)cc2)C1. The molecular formula is C15H17ClN4O3. The van der Waals surface area contributed by atoms with E-state index in [4.69, 9.17) is 16.3 Å². The highest BCUT2D eigenvalue weighted by molar-refractivity contribution is 6.30. The first kappa shape index (κ1) is 15.8. The molecular weight excluding hydrogens is 320 g/mol. The number of ether oxygens (including phenoxy) is 1. The maximum Gasteiger partial charge on any atom is 0.317 e. The lowest BCUT2D eigenvalue weighted by Crippen LogP contribution is -2.47. The normalized spacial score (nSPS) is 18.0. The van der Waals surface area contributed by atoms with E-state index in [0.717, 1.165) is 5.56 Å². The molecule has 1 N–H and O–H groups in total. The van der Waals surface area contributed by atoms with Crippen LogP contribution < -0.4 is 5.32 Å². The highest BCUT2D eigenvalue weighted by atomic mass is 35.5. The first-order valence-electron chi connectivity index (χ1n) is 7.31.